The Labute approximate surface area is 129 Å². The molecule has 2 aromatic carbocycles. The monoisotopic (exact) mass is 294 g/mol. The minimum atomic E-state index is -0.109. The summed E-state index contributed by atoms with van der Waals surface area (Å²) >= 11 is 0. The molecule has 0 aromatic heterocycles. The van der Waals surface area contributed by atoms with Gasteiger partial charge in [0.25, 0.3) is 0 Å². The highest BCUT2D eigenvalue weighted by Gasteiger charge is 2.33. The van der Waals surface area contributed by atoms with E-state index >= 15 is 0 Å². The molecule has 2 N–H and O–H groups in total. The van der Waals surface area contributed by atoms with Crippen LogP contribution < -0.4 is 10.6 Å². The summed E-state index contributed by atoms with van der Waals surface area (Å²) in [6.07, 6.45) is 0. The van der Waals surface area contributed by atoms with Crippen molar-refractivity contribution in [2.24, 2.45) is 0 Å². The number of carbonyl (C=O) groups excluding carboxylic acids is 2. The van der Waals surface area contributed by atoms with Crippen molar-refractivity contribution in [2.45, 2.75) is 19.9 Å². The van der Waals surface area contributed by atoms with Crippen LogP contribution in [0.3, 0.4) is 0 Å². The number of carbonyl (C=O) groups is 2. The molecule has 112 valence electrons. The lowest BCUT2D eigenvalue weighted by molar-refractivity contribution is 0.0980. The first-order valence-corrected chi connectivity index (χ1v) is 7.34. The average molecular weight is 294 g/mol. The minimum Gasteiger partial charge on any atom is -0.388 e. The topological polar surface area (TPSA) is 58.2 Å². The summed E-state index contributed by atoms with van der Waals surface area (Å²) in [5.74, 6) is -0.215. The summed E-state index contributed by atoms with van der Waals surface area (Å²) in [6.45, 7) is 4.00. The fourth-order valence-electron chi connectivity index (χ4n) is 2.86. The summed E-state index contributed by atoms with van der Waals surface area (Å²) < 4.78 is 0. The van der Waals surface area contributed by atoms with E-state index in [1.54, 1.807) is 31.3 Å². The first-order valence-electron chi connectivity index (χ1n) is 7.34. The highest BCUT2D eigenvalue weighted by molar-refractivity contribution is 6.31. The van der Waals surface area contributed by atoms with Crippen LogP contribution in [0.1, 0.15) is 45.7 Å². The van der Waals surface area contributed by atoms with Gasteiger partial charge in [0.1, 0.15) is 0 Å². The number of anilines is 2. The van der Waals surface area contributed by atoms with Crippen LogP contribution in [0.25, 0.3) is 0 Å². The Morgan fingerprint density at radius 2 is 1.32 bits per heavy atom. The van der Waals surface area contributed by atoms with Crippen molar-refractivity contribution >= 4 is 22.9 Å². The normalized spacial score (nSPS) is 12.9. The molecule has 4 heteroatoms. The van der Waals surface area contributed by atoms with Gasteiger partial charge in [-0.1, -0.05) is 24.3 Å². The quantitative estimate of drug-likeness (QED) is 0.778. The fourth-order valence-corrected chi connectivity index (χ4v) is 2.86. The third-order valence-corrected chi connectivity index (χ3v) is 3.79. The lowest BCUT2D eigenvalue weighted by Crippen LogP contribution is -2.25. The van der Waals surface area contributed by atoms with Crippen molar-refractivity contribution < 1.29 is 9.59 Å². The Morgan fingerprint density at radius 1 is 0.818 bits per heavy atom. The molecule has 1 aliphatic rings. The molecule has 0 atom stereocenters. The number of rotatable bonds is 3. The summed E-state index contributed by atoms with van der Waals surface area (Å²) in [6, 6.07) is 10.8. The van der Waals surface area contributed by atoms with Gasteiger partial charge >= 0.3 is 0 Å². The molecule has 0 radical (unpaired) electrons. The van der Waals surface area contributed by atoms with Gasteiger partial charge < -0.3 is 10.6 Å². The summed E-state index contributed by atoms with van der Waals surface area (Å²) in [5, 5.41) is 6.28. The number of fused-ring (bicyclic) bond motifs is 2. The van der Waals surface area contributed by atoms with Gasteiger partial charge in [0.05, 0.1) is 11.1 Å². The van der Waals surface area contributed by atoms with Crippen molar-refractivity contribution in [3.63, 3.8) is 0 Å². The second-order valence-electron chi connectivity index (χ2n) is 5.66. The molecule has 0 spiro atoms. The molecule has 0 unspecified atom stereocenters. The fraction of sp³-hybridized carbons (Fsp3) is 0.222. The van der Waals surface area contributed by atoms with Crippen molar-refractivity contribution in [3.8, 4) is 0 Å². The zero-order valence-corrected chi connectivity index (χ0v) is 12.9. The Hall–Kier alpha value is -2.62. The summed E-state index contributed by atoms with van der Waals surface area (Å²) in [7, 11) is 1.75. The van der Waals surface area contributed by atoms with Gasteiger partial charge in [-0.25, -0.2) is 0 Å². The van der Waals surface area contributed by atoms with Crippen LogP contribution in [0.5, 0.6) is 0 Å². The van der Waals surface area contributed by atoms with E-state index in [1.807, 2.05) is 26.0 Å². The molecule has 0 saturated heterocycles. The smallest absolute Gasteiger partial charge is 0.196 e. The average Bonchev–Trinajstić information content (AvgIpc) is 2.51. The number of ketones is 2. The van der Waals surface area contributed by atoms with E-state index in [9.17, 15) is 9.59 Å². The third-order valence-electron chi connectivity index (χ3n) is 3.79. The Morgan fingerprint density at radius 3 is 1.82 bits per heavy atom. The van der Waals surface area contributed by atoms with Gasteiger partial charge in [0, 0.05) is 35.6 Å². The standard InChI is InChI=1S/C18H18N2O2/c1-10(2)20-14-9-8-13(19-3)15-16(14)18(22)12-7-5-4-6-11(12)17(15)21/h4-10,19-20H,1-3H3. The van der Waals surface area contributed by atoms with Gasteiger partial charge in [-0.15, -0.1) is 0 Å². The van der Waals surface area contributed by atoms with Crippen LogP contribution >= 0.6 is 0 Å². The Balaban J connectivity index is 2.30. The first kappa shape index (κ1) is 14.3. The van der Waals surface area contributed by atoms with Crippen molar-refractivity contribution in [1.29, 1.82) is 0 Å². The van der Waals surface area contributed by atoms with Gasteiger partial charge in [0.2, 0.25) is 0 Å². The highest BCUT2D eigenvalue weighted by atomic mass is 16.1. The molecule has 0 heterocycles. The summed E-state index contributed by atoms with van der Waals surface area (Å²) in [4.78, 5) is 25.8. The van der Waals surface area contributed by atoms with Crippen LogP contribution in [-0.2, 0) is 0 Å². The molecule has 0 aliphatic heterocycles. The molecule has 3 rings (SSSR count). The van der Waals surface area contributed by atoms with Gasteiger partial charge in [-0.3, -0.25) is 9.59 Å². The lowest BCUT2D eigenvalue weighted by Gasteiger charge is -2.24. The number of nitrogens with one attached hydrogen (secondary N) is 2. The predicted octanol–water partition coefficient (Wildman–Crippen LogP) is 3.32. The number of hydrogen-bond acceptors (Lipinski definition) is 4. The minimum absolute atomic E-state index is 0.106. The van der Waals surface area contributed by atoms with Crippen LogP contribution in [-0.4, -0.2) is 24.7 Å². The van der Waals surface area contributed by atoms with E-state index in [4.69, 9.17) is 0 Å². The second-order valence-corrected chi connectivity index (χ2v) is 5.66. The van der Waals surface area contributed by atoms with Gasteiger partial charge in [-0.2, -0.15) is 0 Å². The molecular formula is C18H18N2O2. The van der Waals surface area contributed by atoms with Gasteiger partial charge in [-0.05, 0) is 26.0 Å². The molecule has 0 saturated carbocycles. The molecule has 0 fully saturated rings. The van der Waals surface area contributed by atoms with Crippen molar-refractivity contribution in [3.05, 3.63) is 58.7 Å². The van der Waals surface area contributed by atoms with Crippen LogP contribution in [0.4, 0.5) is 11.4 Å². The van der Waals surface area contributed by atoms with E-state index in [1.165, 1.54) is 0 Å². The molecule has 0 bridgehead atoms. The summed E-state index contributed by atoms with van der Waals surface area (Å²) in [5.41, 5.74) is 3.24. The van der Waals surface area contributed by atoms with Crippen molar-refractivity contribution in [2.75, 3.05) is 17.7 Å². The van der Waals surface area contributed by atoms with E-state index in [0.717, 1.165) is 0 Å². The third kappa shape index (κ3) is 2.08. The number of benzene rings is 2. The molecule has 22 heavy (non-hydrogen) atoms. The largest absolute Gasteiger partial charge is 0.388 e. The lowest BCUT2D eigenvalue weighted by atomic mass is 9.82. The maximum atomic E-state index is 12.9. The molecule has 1 aliphatic carbocycles. The predicted molar refractivity (Wildman–Crippen MR) is 88.1 cm³/mol. The Bertz CT molecular complexity index is 779. The first-order chi connectivity index (χ1) is 10.5. The zero-order chi connectivity index (χ0) is 15.9. The maximum Gasteiger partial charge on any atom is 0.196 e. The highest BCUT2D eigenvalue weighted by Crippen LogP contribution is 2.36. The molecular weight excluding hydrogens is 276 g/mol. The van der Waals surface area contributed by atoms with E-state index in [-0.39, 0.29) is 17.6 Å². The molecule has 0 amide bonds. The zero-order valence-electron chi connectivity index (χ0n) is 12.9. The van der Waals surface area contributed by atoms with E-state index in [0.29, 0.717) is 33.6 Å². The maximum absolute atomic E-state index is 12.9. The van der Waals surface area contributed by atoms with E-state index in [2.05, 4.69) is 10.6 Å². The molecule has 4 nitrogen and oxygen atoms in total. The van der Waals surface area contributed by atoms with E-state index < -0.39 is 0 Å². The van der Waals surface area contributed by atoms with Crippen LogP contribution in [0.15, 0.2) is 36.4 Å². The Kier molecular flexibility index (Phi) is 3.45. The van der Waals surface area contributed by atoms with Gasteiger partial charge in [0.15, 0.2) is 11.6 Å². The SMILES string of the molecule is CNc1ccc(NC(C)C)c2c1C(=O)c1ccccc1C2=O. The van der Waals surface area contributed by atoms with Crippen molar-refractivity contribution in [1.82, 2.24) is 0 Å². The second kappa shape index (κ2) is 5.30. The number of hydrogen-bond donors (Lipinski definition) is 2. The van der Waals surface area contributed by atoms with Crippen LogP contribution in [0.2, 0.25) is 0 Å². The van der Waals surface area contributed by atoms with Crippen LogP contribution in [0, 0.1) is 0 Å². The molecule has 2 aromatic rings.